The van der Waals surface area contributed by atoms with Gasteiger partial charge >= 0.3 is 0 Å². The van der Waals surface area contributed by atoms with Gasteiger partial charge in [-0.15, -0.1) is 11.6 Å². The van der Waals surface area contributed by atoms with E-state index in [0.29, 0.717) is 11.6 Å². The maximum Gasteiger partial charge on any atom is 0.165 e. The molecular formula is C11H16ClN3. The molecule has 0 unspecified atom stereocenters. The molecule has 15 heavy (non-hydrogen) atoms. The van der Waals surface area contributed by atoms with E-state index in [9.17, 15) is 0 Å². The van der Waals surface area contributed by atoms with Gasteiger partial charge in [0.25, 0.3) is 0 Å². The summed E-state index contributed by atoms with van der Waals surface area (Å²) in [6.07, 6.45) is 5.94. The van der Waals surface area contributed by atoms with Gasteiger partial charge in [-0.1, -0.05) is 6.92 Å². The van der Waals surface area contributed by atoms with Gasteiger partial charge in [0.15, 0.2) is 5.69 Å². The molecule has 0 radical (unpaired) electrons. The lowest BCUT2D eigenvalue weighted by atomic mass is 10.1. The fourth-order valence-electron chi connectivity index (χ4n) is 1.49. The first-order valence-corrected chi connectivity index (χ1v) is 5.87. The maximum absolute atomic E-state index is 8.90. The highest BCUT2D eigenvalue weighted by atomic mass is 35.5. The minimum absolute atomic E-state index is 0.568. The third-order valence-corrected chi connectivity index (χ3v) is 2.49. The molecule has 0 aromatic carbocycles. The zero-order valence-electron chi connectivity index (χ0n) is 9.04. The molecule has 0 aliphatic heterocycles. The lowest BCUT2D eigenvalue weighted by Gasteiger charge is -1.95. The highest BCUT2D eigenvalue weighted by Crippen LogP contribution is 2.10. The third-order valence-electron chi connectivity index (χ3n) is 2.23. The zero-order valence-corrected chi connectivity index (χ0v) is 9.80. The van der Waals surface area contributed by atoms with E-state index < -0.39 is 0 Å². The van der Waals surface area contributed by atoms with Crippen LogP contribution in [0.3, 0.4) is 0 Å². The molecule has 0 spiro atoms. The Bertz CT molecular complexity index is 338. The molecule has 1 rings (SSSR count). The largest absolute Gasteiger partial charge is 0.271 e. The van der Waals surface area contributed by atoms with E-state index in [-0.39, 0.29) is 0 Å². The highest BCUT2D eigenvalue weighted by Gasteiger charge is 2.07. The molecule has 0 N–H and O–H groups in total. The molecule has 1 aromatic rings. The summed E-state index contributed by atoms with van der Waals surface area (Å²) >= 11 is 5.61. The summed E-state index contributed by atoms with van der Waals surface area (Å²) < 4.78 is 1.86. The topological polar surface area (TPSA) is 41.6 Å². The average Bonchev–Trinajstić information content (AvgIpc) is 2.62. The summed E-state index contributed by atoms with van der Waals surface area (Å²) in [5, 5.41) is 13.1. The van der Waals surface area contributed by atoms with Gasteiger partial charge in [0.2, 0.25) is 0 Å². The molecule has 3 nitrogen and oxygen atoms in total. The molecule has 0 saturated carbocycles. The van der Waals surface area contributed by atoms with Crippen LogP contribution in [0, 0.1) is 11.3 Å². The molecule has 0 bridgehead atoms. The Kier molecular flexibility index (Phi) is 5.20. The minimum atomic E-state index is 0.568. The Hall–Kier alpha value is -1.01. The van der Waals surface area contributed by atoms with Crippen LogP contribution in [0.15, 0.2) is 6.20 Å². The number of nitriles is 1. The fourth-order valence-corrected chi connectivity index (χ4v) is 1.68. The van der Waals surface area contributed by atoms with Crippen molar-refractivity contribution in [3.63, 3.8) is 0 Å². The number of hydrogen-bond acceptors (Lipinski definition) is 2. The third kappa shape index (κ3) is 3.56. The van der Waals surface area contributed by atoms with E-state index in [1.165, 1.54) is 0 Å². The molecule has 1 heterocycles. The van der Waals surface area contributed by atoms with Crippen LogP contribution in [0.25, 0.3) is 0 Å². The monoisotopic (exact) mass is 225 g/mol. The predicted octanol–water partition coefficient (Wildman–Crippen LogP) is 2.73. The summed E-state index contributed by atoms with van der Waals surface area (Å²) in [6.45, 7) is 2.98. The lowest BCUT2D eigenvalue weighted by molar-refractivity contribution is 0.600. The first kappa shape index (κ1) is 12.1. The van der Waals surface area contributed by atoms with Crippen molar-refractivity contribution in [2.45, 2.75) is 39.2 Å². The Labute approximate surface area is 95.7 Å². The average molecular weight is 226 g/mol. The van der Waals surface area contributed by atoms with Crippen LogP contribution in [0.5, 0.6) is 0 Å². The van der Waals surface area contributed by atoms with Gasteiger partial charge in [0, 0.05) is 24.2 Å². The molecule has 82 valence electrons. The number of hydrogen-bond donors (Lipinski definition) is 0. The normalized spacial score (nSPS) is 10.2. The first-order valence-electron chi connectivity index (χ1n) is 5.34. The molecule has 0 atom stereocenters. The van der Waals surface area contributed by atoms with Crippen molar-refractivity contribution in [3.05, 3.63) is 17.5 Å². The smallest absolute Gasteiger partial charge is 0.165 e. The Balaban J connectivity index is 2.64. The SMILES string of the molecule is CCCn1cc(CCCCCl)c(C#N)n1. The van der Waals surface area contributed by atoms with Crippen molar-refractivity contribution < 1.29 is 0 Å². The van der Waals surface area contributed by atoms with E-state index in [1.54, 1.807) is 0 Å². The van der Waals surface area contributed by atoms with Gasteiger partial charge < -0.3 is 0 Å². The Morgan fingerprint density at radius 1 is 1.53 bits per heavy atom. The number of aryl methyl sites for hydroxylation is 2. The van der Waals surface area contributed by atoms with Crippen LogP contribution in [-0.2, 0) is 13.0 Å². The molecular weight excluding hydrogens is 210 g/mol. The Morgan fingerprint density at radius 3 is 2.93 bits per heavy atom. The molecule has 0 aliphatic rings. The second kappa shape index (κ2) is 6.47. The molecule has 4 heteroatoms. The van der Waals surface area contributed by atoms with Crippen molar-refractivity contribution in [1.82, 2.24) is 9.78 Å². The summed E-state index contributed by atoms with van der Waals surface area (Å²) in [6, 6.07) is 2.14. The van der Waals surface area contributed by atoms with Crippen LogP contribution in [0.4, 0.5) is 0 Å². The molecule has 0 saturated heterocycles. The van der Waals surface area contributed by atoms with Gasteiger partial charge in [-0.2, -0.15) is 10.4 Å². The molecule has 1 aromatic heterocycles. The second-order valence-corrected chi connectivity index (χ2v) is 3.90. The molecule has 0 amide bonds. The van der Waals surface area contributed by atoms with Crippen LogP contribution in [-0.4, -0.2) is 15.7 Å². The van der Waals surface area contributed by atoms with Crippen LogP contribution < -0.4 is 0 Å². The van der Waals surface area contributed by atoms with Crippen LogP contribution in [0.2, 0.25) is 0 Å². The number of alkyl halides is 1. The van der Waals surface area contributed by atoms with E-state index in [0.717, 1.165) is 37.8 Å². The number of rotatable bonds is 6. The van der Waals surface area contributed by atoms with Gasteiger partial charge in [-0.25, -0.2) is 0 Å². The number of nitrogens with zero attached hydrogens (tertiary/aromatic N) is 3. The van der Waals surface area contributed by atoms with Crippen molar-refractivity contribution in [2.24, 2.45) is 0 Å². The van der Waals surface area contributed by atoms with Crippen LogP contribution in [0.1, 0.15) is 37.4 Å². The summed E-state index contributed by atoms with van der Waals surface area (Å²) in [4.78, 5) is 0. The van der Waals surface area contributed by atoms with Crippen molar-refractivity contribution in [3.8, 4) is 6.07 Å². The Morgan fingerprint density at radius 2 is 2.33 bits per heavy atom. The zero-order chi connectivity index (χ0) is 11.1. The lowest BCUT2D eigenvalue weighted by Crippen LogP contribution is -1.96. The van der Waals surface area contributed by atoms with Crippen molar-refractivity contribution in [1.29, 1.82) is 5.26 Å². The first-order chi connectivity index (χ1) is 7.31. The quantitative estimate of drug-likeness (QED) is 0.552. The summed E-state index contributed by atoms with van der Waals surface area (Å²) in [5.74, 6) is 0.686. The number of unbranched alkanes of at least 4 members (excludes halogenated alkanes) is 1. The standard InChI is InChI=1S/C11H16ClN3/c1-2-7-15-9-10(5-3-4-6-12)11(8-13)14-15/h9H,2-7H2,1H3. The van der Waals surface area contributed by atoms with Gasteiger partial charge in [0.1, 0.15) is 6.07 Å². The van der Waals surface area contributed by atoms with Crippen molar-refractivity contribution in [2.75, 3.05) is 5.88 Å². The van der Waals surface area contributed by atoms with Gasteiger partial charge in [-0.05, 0) is 25.7 Å². The summed E-state index contributed by atoms with van der Waals surface area (Å²) in [5.41, 5.74) is 1.62. The maximum atomic E-state index is 8.90. The van der Waals surface area contributed by atoms with Crippen LogP contribution >= 0.6 is 11.6 Å². The summed E-state index contributed by atoms with van der Waals surface area (Å²) in [7, 11) is 0. The van der Waals surface area contributed by atoms with Gasteiger partial charge in [-0.3, -0.25) is 4.68 Å². The van der Waals surface area contributed by atoms with E-state index in [4.69, 9.17) is 16.9 Å². The predicted molar refractivity (Wildman–Crippen MR) is 60.9 cm³/mol. The van der Waals surface area contributed by atoms with E-state index in [2.05, 4.69) is 18.1 Å². The molecule has 0 fully saturated rings. The number of halogens is 1. The minimum Gasteiger partial charge on any atom is -0.271 e. The fraction of sp³-hybridized carbons (Fsp3) is 0.636. The van der Waals surface area contributed by atoms with E-state index in [1.807, 2.05) is 10.9 Å². The van der Waals surface area contributed by atoms with E-state index >= 15 is 0 Å². The molecule has 0 aliphatic carbocycles. The van der Waals surface area contributed by atoms with Crippen molar-refractivity contribution >= 4 is 11.6 Å². The highest BCUT2D eigenvalue weighted by molar-refractivity contribution is 6.17. The number of aromatic nitrogens is 2. The van der Waals surface area contributed by atoms with Gasteiger partial charge in [0.05, 0.1) is 0 Å². The second-order valence-electron chi connectivity index (χ2n) is 3.52.